The van der Waals surface area contributed by atoms with Crippen LogP contribution in [0.25, 0.3) is 6.08 Å². The zero-order valence-corrected chi connectivity index (χ0v) is 10.5. The van der Waals surface area contributed by atoms with Gasteiger partial charge >= 0.3 is 0 Å². The molecule has 15 heavy (non-hydrogen) atoms. The van der Waals surface area contributed by atoms with Crippen molar-refractivity contribution in [1.82, 2.24) is 4.98 Å². The standard InChI is InChI=1S/C11H16N2.C2H6/c1-4-8(2)5-10-7-13-9(3)6-11(10)12;1-2/h5-7H,4H2,1-3H3,(H2,12,13);1-2H3. The van der Waals surface area contributed by atoms with Crippen LogP contribution >= 0.6 is 0 Å². The van der Waals surface area contributed by atoms with Gasteiger partial charge in [-0.2, -0.15) is 0 Å². The Kier molecular flexibility index (Phi) is 6.43. The average molecular weight is 206 g/mol. The molecule has 0 fully saturated rings. The molecule has 1 heterocycles. The lowest BCUT2D eigenvalue weighted by Gasteiger charge is -2.02. The minimum absolute atomic E-state index is 0.806. The number of pyridine rings is 1. The molecule has 0 amide bonds. The third kappa shape index (κ3) is 4.63. The first-order chi connectivity index (χ1) is 7.13. The number of aryl methyl sites for hydroxylation is 1. The van der Waals surface area contributed by atoms with E-state index in [2.05, 4.69) is 24.9 Å². The second kappa shape index (κ2) is 7.04. The number of nitrogens with zero attached hydrogens (tertiary/aromatic N) is 1. The Balaban J connectivity index is 0.000000921. The molecule has 2 N–H and O–H groups in total. The number of allylic oxidation sites excluding steroid dienone is 1. The summed E-state index contributed by atoms with van der Waals surface area (Å²) in [4.78, 5) is 4.20. The summed E-state index contributed by atoms with van der Waals surface area (Å²) in [6.45, 7) is 10.2. The Morgan fingerprint density at radius 1 is 1.47 bits per heavy atom. The molecular weight excluding hydrogens is 184 g/mol. The van der Waals surface area contributed by atoms with Gasteiger partial charge in [-0.15, -0.1) is 0 Å². The largest absolute Gasteiger partial charge is 0.398 e. The maximum Gasteiger partial charge on any atom is 0.0421 e. The first-order valence-corrected chi connectivity index (χ1v) is 5.52. The van der Waals surface area contributed by atoms with E-state index in [-0.39, 0.29) is 0 Å². The lowest BCUT2D eigenvalue weighted by atomic mass is 10.1. The first-order valence-electron chi connectivity index (χ1n) is 5.52. The topological polar surface area (TPSA) is 38.9 Å². The minimum Gasteiger partial charge on any atom is -0.398 e. The van der Waals surface area contributed by atoms with E-state index >= 15 is 0 Å². The van der Waals surface area contributed by atoms with Crippen LogP contribution in [0.15, 0.2) is 17.8 Å². The number of nitrogens with two attached hydrogens (primary N) is 1. The van der Waals surface area contributed by atoms with Crippen LogP contribution in [0.3, 0.4) is 0 Å². The molecule has 0 radical (unpaired) electrons. The number of anilines is 1. The van der Waals surface area contributed by atoms with Crippen molar-refractivity contribution < 1.29 is 0 Å². The fraction of sp³-hybridized carbons (Fsp3) is 0.462. The van der Waals surface area contributed by atoms with Crippen LogP contribution in [0.1, 0.15) is 45.4 Å². The summed E-state index contributed by atoms with van der Waals surface area (Å²) in [6, 6.07) is 1.90. The van der Waals surface area contributed by atoms with Gasteiger partial charge in [0.15, 0.2) is 0 Å². The van der Waals surface area contributed by atoms with E-state index < -0.39 is 0 Å². The Bertz CT molecular complexity index is 327. The lowest BCUT2D eigenvalue weighted by molar-refractivity contribution is 1.11. The maximum absolute atomic E-state index is 5.84. The molecule has 2 nitrogen and oxygen atoms in total. The van der Waals surface area contributed by atoms with Crippen LogP contribution in [-0.2, 0) is 0 Å². The van der Waals surface area contributed by atoms with Gasteiger partial charge in [-0.3, -0.25) is 4.98 Å². The molecule has 0 unspecified atom stereocenters. The van der Waals surface area contributed by atoms with E-state index in [9.17, 15) is 0 Å². The van der Waals surface area contributed by atoms with E-state index in [0.717, 1.165) is 23.4 Å². The molecule has 2 heteroatoms. The van der Waals surface area contributed by atoms with E-state index in [4.69, 9.17) is 5.73 Å². The molecule has 0 saturated heterocycles. The highest BCUT2D eigenvalue weighted by molar-refractivity contribution is 5.65. The highest BCUT2D eigenvalue weighted by Gasteiger charge is 1.96. The van der Waals surface area contributed by atoms with Gasteiger partial charge in [-0.05, 0) is 26.3 Å². The summed E-state index contributed by atoms with van der Waals surface area (Å²) in [5.74, 6) is 0. The highest BCUT2D eigenvalue weighted by Crippen LogP contribution is 2.16. The first kappa shape index (κ1) is 13.7. The van der Waals surface area contributed by atoms with E-state index in [0.29, 0.717) is 0 Å². The molecule has 0 aromatic carbocycles. The highest BCUT2D eigenvalue weighted by atomic mass is 14.7. The van der Waals surface area contributed by atoms with E-state index in [1.807, 2.05) is 33.0 Å². The average Bonchev–Trinajstić information content (AvgIpc) is 2.25. The van der Waals surface area contributed by atoms with Gasteiger partial charge in [0.05, 0.1) is 0 Å². The lowest BCUT2D eigenvalue weighted by Crippen LogP contribution is -1.92. The van der Waals surface area contributed by atoms with Crippen LogP contribution in [0.5, 0.6) is 0 Å². The normalized spacial score (nSPS) is 10.6. The van der Waals surface area contributed by atoms with Crippen molar-refractivity contribution in [1.29, 1.82) is 0 Å². The van der Waals surface area contributed by atoms with Crippen LogP contribution < -0.4 is 5.73 Å². The molecule has 0 spiro atoms. The smallest absolute Gasteiger partial charge is 0.0421 e. The molecule has 1 aromatic rings. The zero-order valence-electron chi connectivity index (χ0n) is 10.5. The Labute approximate surface area is 93.2 Å². The summed E-state index contributed by atoms with van der Waals surface area (Å²) in [5.41, 5.74) is 9.94. The van der Waals surface area contributed by atoms with E-state index in [1.165, 1.54) is 5.57 Å². The molecular formula is C13H22N2. The van der Waals surface area contributed by atoms with E-state index in [1.54, 1.807) is 0 Å². The summed E-state index contributed by atoms with van der Waals surface area (Å²) < 4.78 is 0. The van der Waals surface area contributed by atoms with Crippen molar-refractivity contribution in [3.63, 3.8) is 0 Å². The number of hydrogen-bond acceptors (Lipinski definition) is 2. The molecule has 0 saturated carbocycles. The van der Waals surface area contributed by atoms with Crippen LogP contribution in [0, 0.1) is 6.92 Å². The van der Waals surface area contributed by atoms with Crippen molar-refractivity contribution in [3.05, 3.63) is 29.1 Å². The van der Waals surface area contributed by atoms with Crippen LogP contribution in [0.2, 0.25) is 0 Å². The molecule has 1 rings (SSSR count). The number of hydrogen-bond donors (Lipinski definition) is 1. The molecule has 0 bridgehead atoms. The second-order valence-electron chi connectivity index (χ2n) is 3.30. The number of rotatable bonds is 2. The Morgan fingerprint density at radius 3 is 2.53 bits per heavy atom. The summed E-state index contributed by atoms with van der Waals surface area (Å²) >= 11 is 0. The van der Waals surface area contributed by atoms with Gasteiger partial charge < -0.3 is 5.73 Å². The van der Waals surface area contributed by atoms with Gasteiger partial charge in [0.25, 0.3) is 0 Å². The van der Waals surface area contributed by atoms with Gasteiger partial charge in [-0.1, -0.05) is 32.4 Å². The monoisotopic (exact) mass is 206 g/mol. The van der Waals surface area contributed by atoms with Gasteiger partial charge in [0.1, 0.15) is 0 Å². The summed E-state index contributed by atoms with van der Waals surface area (Å²) in [6.07, 6.45) is 4.96. The zero-order chi connectivity index (χ0) is 11.8. The van der Waals surface area contributed by atoms with Crippen molar-refractivity contribution in [2.75, 3.05) is 5.73 Å². The summed E-state index contributed by atoms with van der Waals surface area (Å²) in [5, 5.41) is 0. The Hall–Kier alpha value is -1.31. The van der Waals surface area contributed by atoms with Crippen LogP contribution in [0.4, 0.5) is 5.69 Å². The molecule has 0 aliphatic rings. The fourth-order valence-electron chi connectivity index (χ4n) is 1.08. The molecule has 0 aliphatic carbocycles. The summed E-state index contributed by atoms with van der Waals surface area (Å²) in [7, 11) is 0. The van der Waals surface area contributed by atoms with Gasteiger partial charge in [0, 0.05) is 23.1 Å². The SMILES string of the molecule is CC.CCC(C)=Cc1cnc(C)cc1N. The minimum atomic E-state index is 0.806. The van der Waals surface area contributed by atoms with Gasteiger partial charge in [-0.25, -0.2) is 0 Å². The van der Waals surface area contributed by atoms with Crippen molar-refractivity contribution in [2.24, 2.45) is 0 Å². The maximum atomic E-state index is 5.84. The second-order valence-corrected chi connectivity index (χ2v) is 3.30. The van der Waals surface area contributed by atoms with Gasteiger partial charge in [0.2, 0.25) is 0 Å². The third-order valence-corrected chi connectivity index (χ3v) is 2.06. The van der Waals surface area contributed by atoms with Crippen molar-refractivity contribution in [2.45, 2.75) is 41.0 Å². The molecule has 0 atom stereocenters. The van der Waals surface area contributed by atoms with Crippen molar-refractivity contribution >= 4 is 11.8 Å². The predicted octanol–water partition coefficient (Wildman–Crippen LogP) is 3.81. The predicted molar refractivity (Wildman–Crippen MR) is 68.7 cm³/mol. The quantitative estimate of drug-likeness (QED) is 0.799. The molecule has 1 aromatic heterocycles. The molecule has 0 aliphatic heterocycles. The van der Waals surface area contributed by atoms with Crippen molar-refractivity contribution in [3.8, 4) is 0 Å². The number of aromatic nitrogens is 1. The molecule has 84 valence electrons. The van der Waals surface area contributed by atoms with Crippen LogP contribution in [-0.4, -0.2) is 4.98 Å². The fourth-order valence-corrected chi connectivity index (χ4v) is 1.08. The third-order valence-electron chi connectivity index (χ3n) is 2.06. The number of nitrogen functional groups attached to an aromatic ring is 1. The Morgan fingerprint density at radius 2 is 2.07 bits per heavy atom.